The van der Waals surface area contributed by atoms with E-state index in [-0.39, 0.29) is 24.0 Å². The topological polar surface area (TPSA) is 38.8 Å². The highest BCUT2D eigenvalue weighted by molar-refractivity contribution is 5.71. The number of rotatable bonds is 4. The number of nitrogens with zero attached hydrogens (tertiary/aromatic N) is 1. The fraction of sp³-hybridized carbons (Fsp3) is 0.562. The van der Waals surface area contributed by atoms with Crippen LogP contribution >= 0.6 is 0 Å². The van der Waals surface area contributed by atoms with Gasteiger partial charge in [0.15, 0.2) is 0 Å². The predicted molar refractivity (Wildman–Crippen MR) is 75.6 cm³/mol. The third-order valence-electron chi connectivity index (χ3n) is 4.08. The van der Waals surface area contributed by atoms with Crippen LogP contribution in [0.3, 0.4) is 0 Å². The minimum absolute atomic E-state index is 0.0621. The van der Waals surface area contributed by atoms with Gasteiger partial charge in [0.2, 0.25) is 0 Å². The van der Waals surface area contributed by atoms with Gasteiger partial charge in [0.1, 0.15) is 23.8 Å². The minimum Gasteiger partial charge on any atom is -0.490 e. The maximum Gasteiger partial charge on any atom is 0.306 e. The number of hydrogen-bond acceptors (Lipinski definition) is 4. The van der Waals surface area contributed by atoms with Crippen LogP contribution in [-0.4, -0.2) is 42.7 Å². The zero-order chi connectivity index (χ0) is 14.7. The molecule has 0 spiro atoms. The van der Waals surface area contributed by atoms with E-state index in [1.54, 1.807) is 12.1 Å². The van der Waals surface area contributed by atoms with E-state index in [1.807, 2.05) is 0 Å². The lowest BCUT2D eigenvalue weighted by Gasteiger charge is -2.33. The summed E-state index contributed by atoms with van der Waals surface area (Å²) in [6, 6.07) is 6.16. The molecule has 0 amide bonds. The molecule has 2 aliphatic heterocycles. The predicted octanol–water partition coefficient (Wildman–Crippen LogP) is 2.37. The molecule has 0 aromatic heterocycles. The normalized spacial score (nSPS) is 24.0. The van der Waals surface area contributed by atoms with Gasteiger partial charge in [-0.25, -0.2) is 4.39 Å². The highest BCUT2D eigenvalue weighted by atomic mass is 19.1. The van der Waals surface area contributed by atoms with E-state index < -0.39 is 0 Å². The smallest absolute Gasteiger partial charge is 0.306 e. The Bertz CT molecular complexity index is 483. The summed E-state index contributed by atoms with van der Waals surface area (Å²) in [5.41, 5.74) is 0. The number of ether oxygens (including phenoxy) is 2. The first kappa shape index (κ1) is 14.3. The minimum atomic E-state index is -0.247. The van der Waals surface area contributed by atoms with Gasteiger partial charge in [-0.1, -0.05) is 0 Å². The molecular weight excluding hydrogens is 273 g/mol. The molecule has 4 nitrogen and oxygen atoms in total. The van der Waals surface area contributed by atoms with Crippen LogP contribution in [0, 0.1) is 5.82 Å². The van der Waals surface area contributed by atoms with E-state index in [9.17, 15) is 9.18 Å². The number of carbonyl (C=O) groups excluding carboxylic acids is 1. The van der Waals surface area contributed by atoms with Crippen molar-refractivity contribution in [3.05, 3.63) is 30.1 Å². The van der Waals surface area contributed by atoms with Crippen molar-refractivity contribution in [3.63, 3.8) is 0 Å². The summed E-state index contributed by atoms with van der Waals surface area (Å²) in [5, 5.41) is 0. The summed E-state index contributed by atoms with van der Waals surface area (Å²) in [7, 11) is 0. The zero-order valence-corrected chi connectivity index (χ0v) is 12.0. The molecule has 5 heteroatoms. The van der Waals surface area contributed by atoms with Crippen molar-refractivity contribution in [1.29, 1.82) is 0 Å². The van der Waals surface area contributed by atoms with Crippen molar-refractivity contribution < 1.29 is 18.7 Å². The molecule has 2 fully saturated rings. The average Bonchev–Trinajstić information content (AvgIpc) is 2.89. The molecule has 0 unspecified atom stereocenters. The number of esters is 1. The van der Waals surface area contributed by atoms with Gasteiger partial charge in [-0.15, -0.1) is 0 Å². The Balaban J connectivity index is 1.42. The second-order valence-corrected chi connectivity index (χ2v) is 5.72. The Kier molecular flexibility index (Phi) is 4.39. The lowest BCUT2D eigenvalue weighted by molar-refractivity contribution is -0.142. The Hall–Kier alpha value is -1.62. The lowest BCUT2D eigenvalue weighted by Crippen LogP contribution is -2.41. The van der Waals surface area contributed by atoms with Gasteiger partial charge in [-0.2, -0.15) is 0 Å². The van der Waals surface area contributed by atoms with Gasteiger partial charge in [0, 0.05) is 26.1 Å². The average molecular weight is 293 g/mol. The van der Waals surface area contributed by atoms with Crippen LogP contribution in [0.1, 0.15) is 25.7 Å². The van der Waals surface area contributed by atoms with E-state index in [2.05, 4.69) is 4.90 Å². The summed E-state index contributed by atoms with van der Waals surface area (Å²) in [6.45, 7) is 2.72. The van der Waals surface area contributed by atoms with Gasteiger partial charge in [0.05, 0.1) is 0 Å². The maximum atomic E-state index is 12.8. The summed E-state index contributed by atoms with van der Waals surface area (Å²) >= 11 is 0. The number of hydrogen-bond donors (Lipinski definition) is 0. The Morgan fingerprint density at radius 2 is 1.90 bits per heavy atom. The molecule has 0 aliphatic carbocycles. The third kappa shape index (κ3) is 3.94. The fourth-order valence-corrected chi connectivity index (χ4v) is 2.91. The van der Waals surface area contributed by atoms with E-state index in [0.717, 1.165) is 44.6 Å². The van der Waals surface area contributed by atoms with Gasteiger partial charge in [-0.05, 0) is 43.5 Å². The number of benzene rings is 1. The molecule has 1 aromatic rings. The number of carbonyl (C=O) groups is 1. The van der Waals surface area contributed by atoms with Crippen molar-refractivity contribution in [2.75, 3.05) is 19.6 Å². The number of likely N-dealkylation sites (tertiary alicyclic amines) is 1. The van der Waals surface area contributed by atoms with Crippen LogP contribution in [0.25, 0.3) is 0 Å². The van der Waals surface area contributed by atoms with Crippen LogP contribution < -0.4 is 4.74 Å². The molecule has 1 aromatic carbocycles. The molecule has 0 N–H and O–H groups in total. The largest absolute Gasteiger partial charge is 0.490 e. The molecule has 0 radical (unpaired) electrons. The van der Waals surface area contributed by atoms with Gasteiger partial charge < -0.3 is 9.47 Å². The van der Waals surface area contributed by atoms with Crippen molar-refractivity contribution >= 4 is 5.97 Å². The second-order valence-electron chi connectivity index (χ2n) is 5.72. The van der Waals surface area contributed by atoms with E-state index in [1.165, 1.54) is 12.1 Å². The highest BCUT2D eigenvalue weighted by Crippen LogP contribution is 2.21. The third-order valence-corrected chi connectivity index (χ3v) is 4.08. The molecule has 0 saturated carbocycles. The zero-order valence-electron chi connectivity index (χ0n) is 12.0. The van der Waals surface area contributed by atoms with E-state index in [0.29, 0.717) is 6.42 Å². The van der Waals surface area contributed by atoms with E-state index in [4.69, 9.17) is 9.47 Å². The summed E-state index contributed by atoms with van der Waals surface area (Å²) in [5.74, 6) is 0.400. The molecule has 2 aliphatic rings. The monoisotopic (exact) mass is 293 g/mol. The van der Waals surface area contributed by atoms with Gasteiger partial charge in [-0.3, -0.25) is 9.69 Å². The number of halogens is 1. The number of cyclic esters (lactones) is 1. The molecule has 0 bridgehead atoms. The van der Waals surface area contributed by atoms with Gasteiger partial charge >= 0.3 is 5.97 Å². The molecule has 2 saturated heterocycles. The Morgan fingerprint density at radius 3 is 2.52 bits per heavy atom. The second kappa shape index (κ2) is 6.43. The fourth-order valence-electron chi connectivity index (χ4n) is 2.91. The van der Waals surface area contributed by atoms with Crippen LogP contribution in [0.15, 0.2) is 24.3 Å². The van der Waals surface area contributed by atoms with Crippen LogP contribution in [-0.2, 0) is 9.53 Å². The van der Waals surface area contributed by atoms with Crippen molar-refractivity contribution in [3.8, 4) is 5.75 Å². The SMILES string of the molecule is O=C1CC[C@@H](CN2CCC(Oc3ccc(F)cc3)CC2)O1. The van der Waals surface area contributed by atoms with Crippen molar-refractivity contribution in [1.82, 2.24) is 4.90 Å². The van der Waals surface area contributed by atoms with Crippen LogP contribution in [0.5, 0.6) is 5.75 Å². The summed E-state index contributed by atoms with van der Waals surface area (Å²) in [6.07, 6.45) is 3.51. The first-order valence-electron chi connectivity index (χ1n) is 7.53. The maximum absolute atomic E-state index is 12.8. The molecule has 114 valence electrons. The van der Waals surface area contributed by atoms with Crippen molar-refractivity contribution in [2.45, 2.75) is 37.9 Å². The molecular formula is C16H20FNO3. The molecule has 21 heavy (non-hydrogen) atoms. The Morgan fingerprint density at radius 1 is 1.19 bits per heavy atom. The molecule has 2 heterocycles. The van der Waals surface area contributed by atoms with Crippen LogP contribution in [0.2, 0.25) is 0 Å². The first-order valence-corrected chi connectivity index (χ1v) is 7.53. The Labute approximate surface area is 123 Å². The quantitative estimate of drug-likeness (QED) is 0.799. The van der Waals surface area contributed by atoms with Gasteiger partial charge in [0.25, 0.3) is 0 Å². The lowest BCUT2D eigenvalue weighted by atomic mass is 10.1. The van der Waals surface area contributed by atoms with Crippen molar-refractivity contribution in [2.24, 2.45) is 0 Å². The van der Waals surface area contributed by atoms with E-state index >= 15 is 0 Å². The molecule has 1 atom stereocenters. The summed E-state index contributed by atoms with van der Waals surface area (Å²) < 4.78 is 24.0. The van der Waals surface area contributed by atoms with Crippen LogP contribution in [0.4, 0.5) is 4.39 Å². The standard InChI is InChI=1S/C16H20FNO3/c17-12-1-3-13(4-2-12)20-14-7-9-18(10-8-14)11-15-5-6-16(19)21-15/h1-4,14-15H,5-11H2/t15-/m0/s1. The summed E-state index contributed by atoms with van der Waals surface area (Å²) in [4.78, 5) is 13.4. The molecule has 3 rings (SSSR count). The first-order chi connectivity index (χ1) is 10.2. The number of piperidine rings is 1. The highest BCUT2D eigenvalue weighted by Gasteiger charge is 2.28.